The molecule has 0 saturated carbocycles. The first-order chi connectivity index (χ1) is 11.5. The van der Waals surface area contributed by atoms with E-state index in [0.717, 1.165) is 18.5 Å². The summed E-state index contributed by atoms with van der Waals surface area (Å²) < 4.78 is 0. The lowest BCUT2D eigenvalue weighted by molar-refractivity contribution is 0.233. The van der Waals surface area contributed by atoms with Crippen molar-refractivity contribution in [1.29, 1.82) is 0 Å². The molecule has 5 nitrogen and oxygen atoms in total. The van der Waals surface area contributed by atoms with Crippen LogP contribution >= 0.6 is 0 Å². The zero-order chi connectivity index (χ0) is 17.2. The minimum Gasteiger partial charge on any atom is -0.332 e. The van der Waals surface area contributed by atoms with Gasteiger partial charge in [-0.05, 0) is 42.4 Å². The van der Waals surface area contributed by atoms with Gasteiger partial charge >= 0.3 is 6.03 Å². The molecule has 1 aromatic heterocycles. The van der Waals surface area contributed by atoms with Gasteiger partial charge in [0, 0.05) is 6.20 Å². The fourth-order valence-electron chi connectivity index (χ4n) is 3.35. The number of carbonyl (C=O) groups is 1. The first kappa shape index (κ1) is 16.4. The van der Waals surface area contributed by atoms with Crippen LogP contribution in [-0.2, 0) is 12.0 Å². The number of aryl methyl sites for hydroxylation is 1. The lowest BCUT2D eigenvalue weighted by atomic mass is 9.71. The molecular weight excluding hydrogens is 300 g/mol. The molecule has 0 saturated heterocycles. The molecule has 0 fully saturated rings. The monoisotopic (exact) mass is 324 g/mol. The molecule has 24 heavy (non-hydrogen) atoms. The molecule has 1 unspecified atom stereocenters. The quantitative estimate of drug-likeness (QED) is 0.909. The SMILES string of the molecule is Cc1nccc(CNC(=O)NC2CCC(C)(C)c3ccccc32)n1. The summed E-state index contributed by atoms with van der Waals surface area (Å²) in [6, 6.07) is 10.1. The van der Waals surface area contributed by atoms with Crippen molar-refractivity contribution in [2.24, 2.45) is 0 Å². The number of carbonyl (C=O) groups excluding carboxylic acids is 1. The summed E-state index contributed by atoms with van der Waals surface area (Å²) in [5.74, 6) is 0.707. The van der Waals surface area contributed by atoms with Gasteiger partial charge in [0.1, 0.15) is 5.82 Å². The van der Waals surface area contributed by atoms with Gasteiger partial charge in [-0.3, -0.25) is 0 Å². The van der Waals surface area contributed by atoms with E-state index in [4.69, 9.17) is 0 Å². The van der Waals surface area contributed by atoms with Crippen molar-refractivity contribution in [3.8, 4) is 0 Å². The van der Waals surface area contributed by atoms with Crippen LogP contribution in [0, 0.1) is 6.92 Å². The van der Waals surface area contributed by atoms with Crippen molar-refractivity contribution in [3.05, 3.63) is 59.2 Å². The summed E-state index contributed by atoms with van der Waals surface area (Å²) in [5.41, 5.74) is 3.52. The van der Waals surface area contributed by atoms with E-state index in [9.17, 15) is 4.79 Å². The number of fused-ring (bicyclic) bond motifs is 1. The highest BCUT2D eigenvalue weighted by Crippen LogP contribution is 2.41. The summed E-state index contributed by atoms with van der Waals surface area (Å²) >= 11 is 0. The molecule has 0 spiro atoms. The van der Waals surface area contributed by atoms with Crippen LogP contribution in [0.4, 0.5) is 4.79 Å². The molecule has 1 aromatic carbocycles. The van der Waals surface area contributed by atoms with Crippen LogP contribution in [-0.4, -0.2) is 16.0 Å². The molecule has 0 aliphatic heterocycles. The maximum atomic E-state index is 12.3. The maximum absolute atomic E-state index is 12.3. The summed E-state index contributed by atoms with van der Waals surface area (Å²) in [4.78, 5) is 20.6. The summed E-state index contributed by atoms with van der Waals surface area (Å²) in [7, 11) is 0. The van der Waals surface area contributed by atoms with E-state index in [1.54, 1.807) is 6.20 Å². The second-order valence-electron chi connectivity index (χ2n) is 6.98. The zero-order valence-corrected chi connectivity index (χ0v) is 14.5. The maximum Gasteiger partial charge on any atom is 0.315 e. The van der Waals surface area contributed by atoms with Gasteiger partial charge in [0.05, 0.1) is 18.3 Å². The zero-order valence-electron chi connectivity index (χ0n) is 14.5. The second kappa shape index (κ2) is 6.59. The van der Waals surface area contributed by atoms with Gasteiger partial charge in [0.2, 0.25) is 0 Å². The predicted molar refractivity (Wildman–Crippen MR) is 93.6 cm³/mol. The summed E-state index contributed by atoms with van der Waals surface area (Å²) in [6.45, 7) is 6.76. The Morgan fingerprint density at radius 2 is 2.08 bits per heavy atom. The van der Waals surface area contributed by atoms with Crippen molar-refractivity contribution >= 4 is 6.03 Å². The van der Waals surface area contributed by atoms with E-state index >= 15 is 0 Å². The molecule has 0 radical (unpaired) electrons. The molecule has 1 atom stereocenters. The lowest BCUT2D eigenvalue weighted by Crippen LogP contribution is -2.41. The predicted octanol–water partition coefficient (Wildman–Crippen LogP) is 3.40. The van der Waals surface area contributed by atoms with Gasteiger partial charge in [-0.25, -0.2) is 14.8 Å². The third-order valence-corrected chi connectivity index (χ3v) is 4.69. The standard InChI is InChI=1S/C19H24N4O/c1-13-20-11-9-14(22-13)12-21-18(24)23-17-8-10-19(2,3)16-7-5-4-6-15(16)17/h4-7,9,11,17H,8,10,12H2,1-3H3,(H2,21,23,24). The van der Waals surface area contributed by atoms with Gasteiger partial charge in [-0.2, -0.15) is 0 Å². The van der Waals surface area contributed by atoms with Crippen LogP contribution in [0.25, 0.3) is 0 Å². The van der Waals surface area contributed by atoms with Gasteiger partial charge in [-0.1, -0.05) is 38.1 Å². The molecule has 0 bridgehead atoms. The fourth-order valence-corrected chi connectivity index (χ4v) is 3.35. The first-order valence-corrected chi connectivity index (χ1v) is 8.38. The number of nitrogens with zero attached hydrogens (tertiary/aromatic N) is 2. The van der Waals surface area contributed by atoms with E-state index in [-0.39, 0.29) is 17.5 Å². The molecule has 2 N–H and O–H groups in total. The highest BCUT2D eigenvalue weighted by atomic mass is 16.2. The molecule has 1 aliphatic carbocycles. The number of amides is 2. The first-order valence-electron chi connectivity index (χ1n) is 8.38. The molecule has 2 aromatic rings. The van der Waals surface area contributed by atoms with Gasteiger partial charge in [0.15, 0.2) is 0 Å². The number of urea groups is 1. The Morgan fingerprint density at radius 1 is 1.29 bits per heavy atom. The molecule has 126 valence electrons. The largest absolute Gasteiger partial charge is 0.332 e. The summed E-state index contributed by atoms with van der Waals surface area (Å²) in [5, 5.41) is 5.99. The van der Waals surface area contributed by atoms with Crippen molar-refractivity contribution in [3.63, 3.8) is 0 Å². The van der Waals surface area contributed by atoms with E-state index in [1.807, 2.05) is 19.1 Å². The number of nitrogens with one attached hydrogen (secondary N) is 2. The topological polar surface area (TPSA) is 66.9 Å². The van der Waals surface area contributed by atoms with Crippen LogP contribution in [0.5, 0.6) is 0 Å². The Labute approximate surface area is 142 Å². The van der Waals surface area contributed by atoms with E-state index in [2.05, 4.69) is 52.6 Å². The number of benzene rings is 1. The van der Waals surface area contributed by atoms with E-state index in [1.165, 1.54) is 11.1 Å². The Bertz CT molecular complexity index is 742. The summed E-state index contributed by atoms with van der Waals surface area (Å²) in [6.07, 6.45) is 3.71. The fraction of sp³-hybridized carbons (Fsp3) is 0.421. The molecule has 1 aliphatic rings. The van der Waals surface area contributed by atoms with Gasteiger partial charge in [0.25, 0.3) is 0 Å². The molecule has 1 heterocycles. The smallest absolute Gasteiger partial charge is 0.315 e. The van der Waals surface area contributed by atoms with Crippen molar-refractivity contribution < 1.29 is 4.79 Å². The minimum absolute atomic E-state index is 0.0568. The van der Waals surface area contributed by atoms with E-state index < -0.39 is 0 Å². The normalized spacial score (nSPS) is 18.5. The van der Waals surface area contributed by atoms with E-state index in [0.29, 0.717) is 12.4 Å². The van der Waals surface area contributed by atoms with Crippen molar-refractivity contribution in [1.82, 2.24) is 20.6 Å². The molecule has 3 rings (SSSR count). The molecule has 5 heteroatoms. The van der Waals surface area contributed by atoms with Crippen molar-refractivity contribution in [2.45, 2.75) is 51.6 Å². The average Bonchev–Trinajstić information content (AvgIpc) is 2.56. The Morgan fingerprint density at radius 3 is 2.88 bits per heavy atom. The lowest BCUT2D eigenvalue weighted by Gasteiger charge is -2.37. The van der Waals surface area contributed by atoms with Crippen LogP contribution in [0.3, 0.4) is 0 Å². The minimum atomic E-state index is -0.161. The Kier molecular flexibility index (Phi) is 4.51. The average molecular weight is 324 g/mol. The van der Waals surface area contributed by atoms with Gasteiger partial charge in [-0.15, -0.1) is 0 Å². The number of aromatic nitrogens is 2. The Balaban J connectivity index is 1.65. The van der Waals surface area contributed by atoms with Gasteiger partial charge < -0.3 is 10.6 Å². The van der Waals surface area contributed by atoms with Crippen molar-refractivity contribution in [2.75, 3.05) is 0 Å². The number of hydrogen-bond donors (Lipinski definition) is 2. The second-order valence-corrected chi connectivity index (χ2v) is 6.98. The third kappa shape index (κ3) is 3.55. The Hall–Kier alpha value is -2.43. The highest BCUT2D eigenvalue weighted by molar-refractivity contribution is 5.74. The van der Waals surface area contributed by atoms with Crippen LogP contribution < -0.4 is 10.6 Å². The van der Waals surface area contributed by atoms with Crippen LogP contribution in [0.1, 0.15) is 55.4 Å². The molecule has 2 amide bonds. The van der Waals surface area contributed by atoms with Crippen LogP contribution in [0.15, 0.2) is 36.5 Å². The number of hydrogen-bond acceptors (Lipinski definition) is 3. The third-order valence-electron chi connectivity index (χ3n) is 4.69. The number of rotatable bonds is 3. The molecular formula is C19H24N4O. The van der Waals surface area contributed by atoms with Crippen LogP contribution in [0.2, 0.25) is 0 Å². The highest BCUT2D eigenvalue weighted by Gasteiger charge is 2.32.